The van der Waals surface area contributed by atoms with Gasteiger partial charge in [-0.05, 0) is 18.7 Å². The number of carboxylic acids is 1. The quantitative estimate of drug-likeness (QED) is 0.156. The van der Waals surface area contributed by atoms with Crippen LogP contribution in [0, 0.1) is 0 Å². The number of aromatic nitrogens is 2. The van der Waals surface area contributed by atoms with E-state index >= 15 is 0 Å². The highest BCUT2D eigenvalue weighted by molar-refractivity contribution is 8.00. The SMILES string of the molecule is CN1CC[N+](C)(C/C=C/C2=C(C(=O)O)N3C(=O)[C@@H](NC(=O)/C(=N\OCF)c4nsc(N)n4)[C@H]3SC2)CC1. The molecule has 3 aliphatic heterocycles. The van der Waals surface area contributed by atoms with E-state index in [1.807, 2.05) is 6.08 Å². The van der Waals surface area contributed by atoms with Crippen LogP contribution in [0.3, 0.4) is 0 Å². The van der Waals surface area contributed by atoms with Crippen molar-refractivity contribution in [2.24, 2.45) is 5.16 Å². The lowest BCUT2D eigenvalue weighted by atomic mass is 10.0. The molecule has 0 radical (unpaired) electrons. The first kappa shape index (κ1) is 27.0. The van der Waals surface area contributed by atoms with Crippen LogP contribution in [0.25, 0.3) is 0 Å². The number of piperazine rings is 1. The molecule has 200 valence electrons. The Bertz CT molecular complexity index is 1160. The van der Waals surface area contributed by atoms with Gasteiger partial charge in [-0.2, -0.15) is 9.36 Å². The number of allylic oxidation sites excluding steroid dienone is 1. The molecule has 3 aliphatic rings. The molecule has 4 heterocycles. The van der Waals surface area contributed by atoms with Crippen LogP contribution < -0.4 is 11.1 Å². The number of β-lactam (4-membered cyclic amide) rings is 1. The number of hydrogen-bond acceptors (Lipinski definition) is 11. The molecule has 16 heteroatoms. The topological polar surface area (TPSA) is 163 Å². The summed E-state index contributed by atoms with van der Waals surface area (Å²) in [6, 6.07) is -1.02. The summed E-state index contributed by atoms with van der Waals surface area (Å²) in [5, 5.41) is 15.2. The fraction of sp³-hybridized carbons (Fsp3) is 0.524. The molecule has 2 amide bonds. The molecule has 0 saturated carbocycles. The summed E-state index contributed by atoms with van der Waals surface area (Å²) >= 11 is 2.14. The van der Waals surface area contributed by atoms with Crippen LogP contribution in [-0.2, 0) is 19.2 Å². The maximum atomic E-state index is 13.0. The average molecular weight is 556 g/mol. The first-order valence-electron chi connectivity index (χ1n) is 11.4. The molecule has 0 bridgehead atoms. The van der Waals surface area contributed by atoms with Crippen LogP contribution >= 0.6 is 23.3 Å². The molecular weight excluding hydrogens is 527 g/mol. The van der Waals surface area contributed by atoms with Gasteiger partial charge in [0.25, 0.3) is 18.7 Å². The highest BCUT2D eigenvalue weighted by atomic mass is 32.2. The van der Waals surface area contributed by atoms with Gasteiger partial charge in [0.15, 0.2) is 5.13 Å². The fourth-order valence-electron chi connectivity index (χ4n) is 4.26. The Morgan fingerprint density at radius 3 is 2.76 bits per heavy atom. The third-order valence-corrected chi connectivity index (χ3v) is 8.31. The number of likely N-dealkylation sites (N-methyl/N-ethyl adjacent to an activating group) is 2. The summed E-state index contributed by atoms with van der Waals surface area (Å²) in [5.41, 5.74) is 5.54. The van der Waals surface area contributed by atoms with Gasteiger partial charge in [-0.25, -0.2) is 9.18 Å². The lowest BCUT2D eigenvalue weighted by Crippen LogP contribution is -2.71. The minimum Gasteiger partial charge on any atom is -0.477 e. The van der Waals surface area contributed by atoms with E-state index in [4.69, 9.17) is 5.73 Å². The standard InChI is InChI=1S/C21H27FN8O5S2/c1-28-5-8-30(2,9-6-28)7-3-4-12-10-36-19-14(18(32)29(19)15(12)20(33)34)24-17(31)13(26-35-11-22)16-25-21(23)37-27-16/h3-4,14,19H,5-11H2,1-2H3,(H3-,23,24,25,27,31,33,34)/p+1/b4-3+,26-13-/t14-,19-/m1/s1. The second kappa shape index (κ2) is 11.1. The number of rotatable bonds is 9. The van der Waals surface area contributed by atoms with Gasteiger partial charge >= 0.3 is 5.97 Å². The molecule has 4 rings (SSSR count). The molecular formula is C21H28FN8O5S2+. The Balaban J connectivity index is 1.46. The normalized spacial score (nSPS) is 24.1. The molecule has 1 aromatic heterocycles. The molecule has 1 aromatic rings. The zero-order chi connectivity index (χ0) is 26.7. The predicted octanol–water partition coefficient (Wildman–Crippen LogP) is -0.545. The maximum Gasteiger partial charge on any atom is 0.352 e. The largest absolute Gasteiger partial charge is 0.477 e. The van der Waals surface area contributed by atoms with Gasteiger partial charge in [-0.15, -0.1) is 11.8 Å². The van der Waals surface area contributed by atoms with Crippen LogP contribution in [0.5, 0.6) is 0 Å². The number of alkyl halides is 1. The molecule has 0 unspecified atom stereocenters. The first-order chi connectivity index (χ1) is 17.6. The van der Waals surface area contributed by atoms with Gasteiger partial charge in [-0.1, -0.05) is 11.2 Å². The molecule has 2 atom stereocenters. The number of amides is 2. The summed E-state index contributed by atoms with van der Waals surface area (Å²) in [7, 11) is 4.27. The Kier molecular flexibility index (Phi) is 8.11. The van der Waals surface area contributed by atoms with Crippen molar-refractivity contribution in [2.75, 3.05) is 65.2 Å². The number of nitrogens with one attached hydrogen (secondary N) is 1. The number of carboxylic acid groups (broad SMARTS) is 1. The van der Waals surface area contributed by atoms with Crippen molar-refractivity contribution < 1.29 is 33.2 Å². The lowest BCUT2D eigenvalue weighted by molar-refractivity contribution is -0.908. The predicted molar refractivity (Wildman–Crippen MR) is 135 cm³/mol. The molecule has 2 saturated heterocycles. The highest BCUT2D eigenvalue weighted by Gasteiger charge is 2.54. The summed E-state index contributed by atoms with van der Waals surface area (Å²) in [6.07, 6.45) is 3.75. The third-order valence-electron chi connectivity index (χ3n) is 6.47. The van der Waals surface area contributed by atoms with Crippen molar-refractivity contribution in [2.45, 2.75) is 11.4 Å². The maximum absolute atomic E-state index is 13.0. The molecule has 0 aliphatic carbocycles. The first-order valence-corrected chi connectivity index (χ1v) is 13.2. The zero-order valence-electron chi connectivity index (χ0n) is 20.3. The fourth-order valence-corrected chi connectivity index (χ4v) is 6.02. The van der Waals surface area contributed by atoms with E-state index in [2.05, 4.69) is 43.7 Å². The number of nitrogens with two attached hydrogens (primary N) is 1. The molecule has 4 N–H and O–H groups in total. The van der Waals surface area contributed by atoms with E-state index < -0.39 is 41.8 Å². The van der Waals surface area contributed by atoms with E-state index in [-0.39, 0.29) is 16.7 Å². The van der Waals surface area contributed by atoms with Gasteiger partial charge in [-0.3, -0.25) is 19.4 Å². The van der Waals surface area contributed by atoms with Crippen LogP contribution in [-0.4, -0.2) is 123 Å². The number of oxime groups is 1. The van der Waals surface area contributed by atoms with E-state index in [0.29, 0.717) is 11.3 Å². The van der Waals surface area contributed by atoms with Crippen molar-refractivity contribution in [3.63, 3.8) is 0 Å². The van der Waals surface area contributed by atoms with E-state index in [1.165, 1.54) is 16.7 Å². The number of nitrogens with zero attached hydrogens (tertiary/aromatic N) is 6. The second-order valence-corrected chi connectivity index (χ2v) is 11.0. The second-order valence-electron chi connectivity index (χ2n) is 9.13. The van der Waals surface area contributed by atoms with Crippen LogP contribution in [0.2, 0.25) is 0 Å². The number of hydrogen-bond donors (Lipinski definition) is 3. The van der Waals surface area contributed by atoms with Gasteiger partial charge in [0.2, 0.25) is 11.5 Å². The summed E-state index contributed by atoms with van der Waals surface area (Å²) in [4.78, 5) is 49.6. The Morgan fingerprint density at radius 2 is 2.14 bits per heavy atom. The third kappa shape index (κ3) is 5.76. The van der Waals surface area contributed by atoms with Gasteiger partial charge in [0.05, 0.1) is 26.7 Å². The highest BCUT2D eigenvalue weighted by Crippen LogP contribution is 2.40. The Hall–Kier alpha value is -3.08. The minimum atomic E-state index is -1.29. The molecule has 37 heavy (non-hydrogen) atoms. The number of thioether (sulfide) groups is 1. The van der Waals surface area contributed by atoms with Crippen molar-refractivity contribution in [1.29, 1.82) is 0 Å². The van der Waals surface area contributed by atoms with Gasteiger partial charge in [0.1, 0.15) is 17.1 Å². The molecule has 0 aromatic carbocycles. The van der Waals surface area contributed by atoms with Gasteiger partial charge in [0, 0.05) is 30.4 Å². The van der Waals surface area contributed by atoms with Gasteiger partial charge < -0.3 is 25.5 Å². The Morgan fingerprint density at radius 1 is 1.41 bits per heavy atom. The summed E-state index contributed by atoms with van der Waals surface area (Å²) in [5.74, 6) is -2.50. The molecule has 0 spiro atoms. The minimum absolute atomic E-state index is 0.0601. The molecule has 13 nitrogen and oxygen atoms in total. The van der Waals surface area contributed by atoms with Crippen molar-refractivity contribution in [1.82, 2.24) is 24.5 Å². The number of anilines is 1. The summed E-state index contributed by atoms with van der Waals surface area (Å²) < 4.78 is 17.2. The van der Waals surface area contributed by atoms with Crippen molar-refractivity contribution in [3.8, 4) is 0 Å². The van der Waals surface area contributed by atoms with E-state index in [9.17, 15) is 23.9 Å². The lowest BCUT2D eigenvalue weighted by Gasteiger charge is -2.49. The summed E-state index contributed by atoms with van der Waals surface area (Å²) in [6.45, 7) is 3.46. The number of carbonyl (C=O) groups is 3. The van der Waals surface area contributed by atoms with Crippen LogP contribution in [0.4, 0.5) is 9.52 Å². The Labute approximate surface area is 220 Å². The number of quaternary nitrogens is 1. The molecule has 2 fully saturated rings. The number of aliphatic carboxylic acids is 1. The van der Waals surface area contributed by atoms with Crippen LogP contribution in [0.1, 0.15) is 5.82 Å². The zero-order valence-corrected chi connectivity index (χ0v) is 21.9. The monoisotopic (exact) mass is 555 g/mol. The van der Waals surface area contributed by atoms with E-state index in [1.54, 1.807) is 6.08 Å². The van der Waals surface area contributed by atoms with E-state index in [0.717, 1.165) is 48.7 Å². The number of carbonyl (C=O) groups excluding carboxylic acids is 2. The van der Waals surface area contributed by atoms with Crippen molar-refractivity contribution >= 4 is 51.9 Å². The van der Waals surface area contributed by atoms with Crippen LogP contribution in [0.15, 0.2) is 28.6 Å². The van der Waals surface area contributed by atoms with Crippen molar-refractivity contribution in [3.05, 3.63) is 29.2 Å². The number of halogens is 1. The average Bonchev–Trinajstić information content (AvgIpc) is 3.30. The smallest absolute Gasteiger partial charge is 0.352 e. The number of nitrogen functional groups attached to an aromatic ring is 1. The number of fused-ring (bicyclic) bond motifs is 1.